The maximum absolute atomic E-state index is 14.1. The number of rotatable bonds is 10. The molecule has 3 aliphatic rings. The second kappa shape index (κ2) is 11.2. The number of hydrogen-bond donors (Lipinski definition) is 1. The zero-order valence-corrected chi connectivity index (χ0v) is 22.9. The maximum Gasteiger partial charge on any atom is 0.426 e. The third-order valence-electron chi connectivity index (χ3n) is 10.2. The second-order valence-corrected chi connectivity index (χ2v) is 12.2. The number of halogens is 9. The van der Waals surface area contributed by atoms with E-state index in [0.29, 0.717) is 12.8 Å². The van der Waals surface area contributed by atoms with E-state index in [2.05, 4.69) is 0 Å². The van der Waals surface area contributed by atoms with E-state index < -0.39 is 53.3 Å². The van der Waals surface area contributed by atoms with Crippen LogP contribution in [0.5, 0.6) is 0 Å². The summed E-state index contributed by atoms with van der Waals surface area (Å²) in [7, 11) is 0. The molecule has 3 fully saturated rings. The lowest BCUT2D eigenvalue weighted by atomic mass is 9.58. The van der Waals surface area contributed by atoms with Gasteiger partial charge in [0.2, 0.25) is 0 Å². The quantitative estimate of drug-likeness (QED) is 0.207. The average Bonchev–Trinajstić information content (AvgIpc) is 3.41. The van der Waals surface area contributed by atoms with Crippen molar-refractivity contribution in [3.63, 3.8) is 0 Å². The minimum atomic E-state index is -5.88. The third kappa shape index (κ3) is 5.68. The molecule has 6 unspecified atom stereocenters. The molecule has 0 heterocycles. The molecule has 3 nitrogen and oxygen atoms in total. The number of alkyl halides is 9. The molecule has 2 bridgehead atoms. The zero-order chi connectivity index (χ0) is 29.7. The van der Waals surface area contributed by atoms with E-state index in [1.165, 1.54) is 6.92 Å². The van der Waals surface area contributed by atoms with Gasteiger partial charge in [0.05, 0.1) is 0 Å². The van der Waals surface area contributed by atoms with Gasteiger partial charge in [0.15, 0.2) is 11.9 Å². The topological polar surface area (TPSA) is 38.7 Å². The Hall–Kier alpha value is -0.750. The van der Waals surface area contributed by atoms with Gasteiger partial charge in [-0.15, -0.1) is 0 Å². The van der Waals surface area contributed by atoms with Gasteiger partial charge in [-0.25, -0.2) is 0 Å². The summed E-state index contributed by atoms with van der Waals surface area (Å²) >= 11 is 0. The minimum absolute atomic E-state index is 0.169. The summed E-state index contributed by atoms with van der Waals surface area (Å²) in [5, 5.41) is 10.5. The molecular formula is C27H41F9O3. The SMILES string of the molecule is CCOC(C)OC1(C(F)(F)F)CCC(C(CC)CC(C)C2CC3CCC2(C(O)(C(F)(F)F)C(F)(F)F)C3)CC1. The summed E-state index contributed by atoms with van der Waals surface area (Å²) < 4.78 is 137. The van der Waals surface area contributed by atoms with Gasteiger partial charge in [-0.3, -0.25) is 0 Å². The number of hydrogen-bond acceptors (Lipinski definition) is 3. The summed E-state index contributed by atoms with van der Waals surface area (Å²) in [6.45, 7) is 6.73. The van der Waals surface area contributed by atoms with Gasteiger partial charge in [0, 0.05) is 12.0 Å². The minimum Gasteiger partial charge on any atom is -0.373 e. The lowest BCUT2D eigenvalue weighted by Gasteiger charge is -2.51. The molecule has 0 amide bonds. The highest BCUT2D eigenvalue weighted by atomic mass is 19.4. The number of fused-ring (bicyclic) bond motifs is 2. The standard InChI is InChI=1S/C27H41F9O3/c1-5-19(20-8-11-23(12-9-20,25(28,29)30)39-17(4)38-6-2)13-16(3)21-14-18-7-10-22(21,15-18)24(37,26(31,32)33)27(34,35)36/h16-21,37H,5-15H2,1-4H3. The number of aliphatic hydroxyl groups is 1. The molecule has 0 saturated heterocycles. The van der Waals surface area contributed by atoms with Crippen molar-refractivity contribution in [3.8, 4) is 0 Å². The third-order valence-corrected chi connectivity index (χ3v) is 10.2. The highest BCUT2D eigenvalue weighted by Gasteiger charge is 2.82. The Morgan fingerprint density at radius 1 is 0.872 bits per heavy atom. The Morgan fingerprint density at radius 2 is 1.44 bits per heavy atom. The van der Waals surface area contributed by atoms with Crippen LogP contribution in [0.3, 0.4) is 0 Å². The highest BCUT2D eigenvalue weighted by Crippen LogP contribution is 2.70. The van der Waals surface area contributed by atoms with Gasteiger partial charge in [-0.1, -0.05) is 20.3 Å². The fourth-order valence-electron chi connectivity index (χ4n) is 8.37. The molecule has 39 heavy (non-hydrogen) atoms. The summed E-state index contributed by atoms with van der Waals surface area (Å²) in [6, 6.07) is 0. The van der Waals surface area contributed by atoms with E-state index >= 15 is 0 Å². The molecular weight excluding hydrogens is 543 g/mol. The van der Waals surface area contributed by atoms with Crippen LogP contribution in [0.4, 0.5) is 39.5 Å². The van der Waals surface area contributed by atoms with Gasteiger partial charge >= 0.3 is 18.5 Å². The van der Waals surface area contributed by atoms with Crippen molar-refractivity contribution in [1.29, 1.82) is 0 Å². The van der Waals surface area contributed by atoms with Crippen molar-refractivity contribution in [2.24, 2.45) is 35.0 Å². The van der Waals surface area contributed by atoms with Crippen LogP contribution < -0.4 is 0 Å². The molecule has 3 rings (SSSR count). The van der Waals surface area contributed by atoms with Crippen LogP contribution in [-0.4, -0.2) is 47.7 Å². The van der Waals surface area contributed by atoms with Crippen molar-refractivity contribution in [2.45, 2.75) is 128 Å². The molecule has 0 radical (unpaired) electrons. The molecule has 12 heteroatoms. The van der Waals surface area contributed by atoms with Gasteiger partial charge in [0.1, 0.15) is 0 Å². The average molecular weight is 585 g/mol. The Balaban J connectivity index is 1.78. The largest absolute Gasteiger partial charge is 0.426 e. The Kier molecular flexibility index (Phi) is 9.37. The lowest BCUT2D eigenvalue weighted by molar-refractivity contribution is -0.409. The summed E-state index contributed by atoms with van der Waals surface area (Å²) in [5.41, 5.74) is -9.51. The van der Waals surface area contributed by atoms with Crippen LogP contribution >= 0.6 is 0 Å². The van der Waals surface area contributed by atoms with Crippen LogP contribution in [-0.2, 0) is 9.47 Å². The fourth-order valence-corrected chi connectivity index (χ4v) is 8.37. The maximum atomic E-state index is 14.1. The smallest absolute Gasteiger partial charge is 0.373 e. The molecule has 0 aromatic carbocycles. The first kappa shape index (κ1) is 32.8. The van der Waals surface area contributed by atoms with Crippen LogP contribution in [0.1, 0.15) is 91.9 Å². The van der Waals surface area contributed by atoms with Crippen molar-refractivity contribution in [1.82, 2.24) is 0 Å². The zero-order valence-electron chi connectivity index (χ0n) is 22.9. The van der Waals surface area contributed by atoms with Crippen molar-refractivity contribution < 1.29 is 54.1 Å². The molecule has 230 valence electrons. The van der Waals surface area contributed by atoms with E-state index in [-0.39, 0.29) is 75.7 Å². The Bertz CT molecular complexity index is 803. The van der Waals surface area contributed by atoms with E-state index in [4.69, 9.17) is 9.47 Å². The molecule has 0 aromatic rings. The molecule has 0 aliphatic heterocycles. The van der Waals surface area contributed by atoms with Gasteiger partial charge in [0.25, 0.3) is 5.60 Å². The Morgan fingerprint density at radius 3 is 1.87 bits per heavy atom. The van der Waals surface area contributed by atoms with Crippen molar-refractivity contribution >= 4 is 0 Å². The summed E-state index contributed by atoms with van der Waals surface area (Å²) in [4.78, 5) is 0. The van der Waals surface area contributed by atoms with Crippen LogP contribution in [0.2, 0.25) is 0 Å². The van der Waals surface area contributed by atoms with Crippen LogP contribution in [0.15, 0.2) is 0 Å². The van der Waals surface area contributed by atoms with Crippen molar-refractivity contribution in [3.05, 3.63) is 0 Å². The van der Waals surface area contributed by atoms with E-state index in [9.17, 15) is 44.6 Å². The predicted molar refractivity (Wildman–Crippen MR) is 125 cm³/mol. The normalized spacial score (nSPS) is 34.8. The van der Waals surface area contributed by atoms with E-state index in [1.807, 2.05) is 6.92 Å². The van der Waals surface area contributed by atoms with Gasteiger partial charge in [-0.2, -0.15) is 39.5 Å². The molecule has 3 aliphatic carbocycles. The molecule has 1 N–H and O–H groups in total. The lowest BCUT2D eigenvalue weighted by Crippen LogP contribution is -2.68. The number of ether oxygens (including phenoxy) is 2. The first-order chi connectivity index (χ1) is 17.8. The molecule has 0 spiro atoms. The highest BCUT2D eigenvalue weighted by molar-refractivity contribution is 5.17. The van der Waals surface area contributed by atoms with Gasteiger partial charge < -0.3 is 14.6 Å². The summed E-state index contributed by atoms with van der Waals surface area (Å²) in [6.07, 6.45) is -17.1. The van der Waals surface area contributed by atoms with Crippen LogP contribution in [0, 0.1) is 35.0 Å². The first-order valence-electron chi connectivity index (χ1n) is 14.0. The predicted octanol–water partition coefficient (Wildman–Crippen LogP) is 8.59. The van der Waals surface area contributed by atoms with E-state index in [1.54, 1.807) is 13.8 Å². The van der Waals surface area contributed by atoms with Crippen molar-refractivity contribution in [2.75, 3.05) is 6.61 Å². The first-order valence-corrected chi connectivity index (χ1v) is 14.0. The van der Waals surface area contributed by atoms with E-state index in [0.717, 1.165) is 0 Å². The molecule has 0 aromatic heterocycles. The molecule has 6 atom stereocenters. The van der Waals surface area contributed by atoms with Crippen LogP contribution in [0.25, 0.3) is 0 Å². The monoisotopic (exact) mass is 584 g/mol. The van der Waals surface area contributed by atoms with Gasteiger partial charge in [-0.05, 0) is 101 Å². The second-order valence-electron chi connectivity index (χ2n) is 12.2. The Labute approximate surface area is 224 Å². The fraction of sp³-hybridized carbons (Fsp3) is 1.00. The molecule has 3 saturated carbocycles. The summed E-state index contributed by atoms with van der Waals surface area (Å²) in [5.74, 6) is -2.22.